The predicted octanol–water partition coefficient (Wildman–Crippen LogP) is 3.99. The monoisotopic (exact) mass is 292 g/mol. The number of hydrogen-bond acceptors (Lipinski definition) is 2. The van der Waals surface area contributed by atoms with Crippen LogP contribution in [0, 0.1) is 5.92 Å². The minimum Gasteiger partial charge on any atom is -0.324 e. The Balaban J connectivity index is 1.56. The van der Waals surface area contributed by atoms with E-state index in [-0.39, 0.29) is 6.04 Å². The van der Waals surface area contributed by atoms with Crippen molar-refractivity contribution in [1.29, 1.82) is 0 Å². The number of nitrogens with zero attached hydrogens (tertiary/aromatic N) is 1. The van der Waals surface area contributed by atoms with E-state index < -0.39 is 0 Å². The lowest BCUT2D eigenvalue weighted by atomic mass is 9.91. The van der Waals surface area contributed by atoms with Gasteiger partial charge in [-0.15, -0.1) is 0 Å². The minimum atomic E-state index is 0.107. The van der Waals surface area contributed by atoms with Gasteiger partial charge in [-0.1, -0.05) is 30.2 Å². The number of likely N-dealkylation sites (tertiary alicyclic amines) is 1. The molecule has 0 amide bonds. The van der Waals surface area contributed by atoms with E-state index in [1.54, 1.807) is 0 Å². The van der Waals surface area contributed by atoms with Gasteiger partial charge in [-0.2, -0.15) is 0 Å². The molecule has 1 aromatic carbocycles. The first-order chi connectivity index (χ1) is 9.74. The van der Waals surface area contributed by atoms with Crippen LogP contribution in [-0.4, -0.2) is 24.0 Å². The number of nitrogens with two attached hydrogens (primary N) is 1. The lowest BCUT2D eigenvalue weighted by Gasteiger charge is -2.38. The SMILES string of the molecule is NC(CCN1CCCC2CCCC21)c1cccc(Cl)c1. The Labute approximate surface area is 127 Å². The van der Waals surface area contributed by atoms with Crippen molar-refractivity contribution in [3.05, 3.63) is 34.9 Å². The molecule has 2 N–H and O–H groups in total. The largest absolute Gasteiger partial charge is 0.324 e. The molecule has 110 valence electrons. The highest BCUT2D eigenvalue weighted by molar-refractivity contribution is 6.30. The second kappa shape index (κ2) is 6.46. The van der Waals surface area contributed by atoms with Gasteiger partial charge < -0.3 is 10.6 Å². The van der Waals surface area contributed by atoms with E-state index in [1.165, 1.54) is 38.6 Å². The Morgan fingerprint density at radius 1 is 1.25 bits per heavy atom. The number of halogens is 1. The van der Waals surface area contributed by atoms with E-state index >= 15 is 0 Å². The zero-order valence-corrected chi connectivity index (χ0v) is 12.9. The molecule has 2 nitrogen and oxygen atoms in total. The predicted molar refractivity (Wildman–Crippen MR) is 84.9 cm³/mol. The van der Waals surface area contributed by atoms with Crippen LogP contribution >= 0.6 is 11.6 Å². The quantitative estimate of drug-likeness (QED) is 0.909. The molecular formula is C17H25ClN2. The Morgan fingerprint density at radius 3 is 2.95 bits per heavy atom. The summed E-state index contributed by atoms with van der Waals surface area (Å²) in [5.74, 6) is 0.964. The van der Waals surface area contributed by atoms with Crippen molar-refractivity contribution in [2.75, 3.05) is 13.1 Å². The highest BCUT2D eigenvalue weighted by atomic mass is 35.5. The summed E-state index contributed by atoms with van der Waals surface area (Å²) in [5, 5.41) is 0.784. The van der Waals surface area contributed by atoms with E-state index in [0.29, 0.717) is 0 Å². The molecule has 0 aromatic heterocycles. The molecule has 1 saturated carbocycles. The van der Waals surface area contributed by atoms with Crippen LogP contribution in [0.2, 0.25) is 5.02 Å². The molecule has 0 bridgehead atoms. The van der Waals surface area contributed by atoms with Gasteiger partial charge in [-0.25, -0.2) is 0 Å². The van der Waals surface area contributed by atoms with Gasteiger partial charge in [0.25, 0.3) is 0 Å². The molecular weight excluding hydrogens is 268 g/mol. The Kier molecular flexibility index (Phi) is 4.65. The molecule has 3 heteroatoms. The zero-order valence-electron chi connectivity index (χ0n) is 12.1. The molecule has 20 heavy (non-hydrogen) atoms. The van der Waals surface area contributed by atoms with E-state index in [9.17, 15) is 0 Å². The van der Waals surface area contributed by atoms with Crippen LogP contribution in [0.1, 0.15) is 50.1 Å². The van der Waals surface area contributed by atoms with Crippen molar-refractivity contribution in [1.82, 2.24) is 4.90 Å². The molecule has 2 fully saturated rings. The van der Waals surface area contributed by atoms with E-state index in [2.05, 4.69) is 11.0 Å². The van der Waals surface area contributed by atoms with Crippen molar-refractivity contribution >= 4 is 11.6 Å². The smallest absolute Gasteiger partial charge is 0.0409 e. The maximum Gasteiger partial charge on any atom is 0.0409 e. The van der Waals surface area contributed by atoms with Gasteiger partial charge in [-0.3, -0.25) is 0 Å². The fraction of sp³-hybridized carbons (Fsp3) is 0.647. The summed E-state index contributed by atoms with van der Waals surface area (Å²) in [6, 6.07) is 8.94. The summed E-state index contributed by atoms with van der Waals surface area (Å²) in [5.41, 5.74) is 7.50. The highest BCUT2D eigenvalue weighted by Crippen LogP contribution is 2.37. The summed E-state index contributed by atoms with van der Waals surface area (Å²) >= 11 is 6.04. The number of piperidine rings is 1. The molecule has 3 unspecified atom stereocenters. The molecule has 3 atom stereocenters. The molecule has 1 saturated heterocycles. The molecule has 3 rings (SSSR count). The Morgan fingerprint density at radius 2 is 2.10 bits per heavy atom. The lowest BCUT2D eigenvalue weighted by molar-refractivity contribution is 0.109. The second-order valence-corrected chi connectivity index (χ2v) is 6.82. The first-order valence-electron chi connectivity index (χ1n) is 7.99. The van der Waals surface area contributed by atoms with Crippen LogP contribution < -0.4 is 5.73 Å². The molecule has 2 aliphatic rings. The summed E-state index contributed by atoms with van der Waals surface area (Å²) in [7, 11) is 0. The van der Waals surface area contributed by atoms with Crippen LogP contribution in [0.15, 0.2) is 24.3 Å². The number of rotatable bonds is 4. The highest BCUT2D eigenvalue weighted by Gasteiger charge is 2.34. The normalized spacial score (nSPS) is 28.3. The Bertz CT molecular complexity index is 448. The maximum atomic E-state index is 6.33. The Hall–Kier alpha value is -0.570. The van der Waals surface area contributed by atoms with Gasteiger partial charge in [0, 0.05) is 23.7 Å². The van der Waals surface area contributed by atoms with Crippen molar-refractivity contribution < 1.29 is 0 Å². The van der Waals surface area contributed by atoms with Crippen LogP contribution in [0.4, 0.5) is 0 Å². The topological polar surface area (TPSA) is 29.3 Å². The number of fused-ring (bicyclic) bond motifs is 1. The van der Waals surface area contributed by atoms with Crippen molar-refractivity contribution in [3.63, 3.8) is 0 Å². The summed E-state index contributed by atoms with van der Waals surface area (Å²) in [6.07, 6.45) is 8.11. The van der Waals surface area contributed by atoms with E-state index in [0.717, 1.165) is 35.5 Å². The van der Waals surface area contributed by atoms with Gasteiger partial charge in [0.15, 0.2) is 0 Å². The van der Waals surface area contributed by atoms with Gasteiger partial charge in [0.1, 0.15) is 0 Å². The summed E-state index contributed by atoms with van der Waals surface area (Å²) < 4.78 is 0. The fourth-order valence-corrected chi connectivity index (χ4v) is 4.24. The average molecular weight is 293 g/mol. The van der Waals surface area contributed by atoms with Crippen LogP contribution in [0.5, 0.6) is 0 Å². The summed E-state index contributed by atoms with van der Waals surface area (Å²) in [6.45, 7) is 2.40. The maximum absolute atomic E-state index is 6.33. The van der Waals surface area contributed by atoms with Crippen LogP contribution in [0.3, 0.4) is 0 Å². The average Bonchev–Trinajstić information content (AvgIpc) is 2.93. The molecule has 0 radical (unpaired) electrons. The molecule has 1 aliphatic carbocycles. The van der Waals surface area contributed by atoms with Crippen molar-refractivity contribution in [2.24, 2.45) is 11.7 Å². The molecule has 1 aliphatic heterocycles. The van der Waals surface area contributed by atoms with E-state index in [1.807, 2.05) is 18.2 Å². The summed E-state index contributed by atoms with van der Waals surface area (Å²) in [4.78, 5) is 2.70. The fourth-order valence-electron chi connectivity index (χ4n) is 4.04. The molecule has 1 aromatic rings. The first kappa shape index (κ1) is 14.4. The van der Waals surface area contributed by atoms with Gasteiger partial charge in [0.2, 0.25) is 0 Å². The first-order valence-corrected chi connectivity index (χ1v) is 8.37. The third-order valence-electron chi connectivity index (χ3n) is 5.11. The van der Waals surface area contributed by atoms with Crippen LogP contribution in [0.25, 0.3) is 0 Å². The molecule has 0 spiro atoms. The number of hydrogen-bond donors (Lipinski definition) is 1. The molecule has 1 heterocycles. The zero-order chi connectivity index (χ0) is 13.9. The lowest BCUT2D eigenvalue weighted by Crippen LogP contribution is -2.43. The van der Waals surface area contributed by atoms with E-state index in [4.69, 9.17) is 17.3 Å². The minimum absolute atomic E-state index is 0.107. The van der Waals surface area contributed by atoms with Crippen molar-refractivity contribution in [2.45, 2.75) is 50.6 Å². The van der Waals surface area contributed by atoms with Gasteiger partial charge >= 0.3 is 0 Å². The van der Waals surface area contributed by atoms with Crippen LogP contribution in [-0.2, 0) is 0 Å². The van der Waals surface area contributed by atoms with Gasteiger partial charge in [-0.05, 0) is 62.3 Å². The number of benzene rings is 1. The van der Waals surface area contributed by atoms with Gasteiger partial charge in [0.05, 0.1) is 0 Å². The van der Waals surface area contributed by atoms with Crippen molar-refractivity contribution in [3.8, 4) is 0 Å². The third kappa shape index (κ3) is 3.19. The standard InChI is InChI=1S/C17H25ClN2/c18-15-7-1-5-14(12-15)16(19)9-11-20-10-3-6-13-4-2-8-17(13)20/h1,5,7,12-13,16-17H,2-4,6,8-11,19H2. The third-order valence-corrected chi connectivity index (χ3v) is 5.35. The second-order valence-electron chi connectivity index (χ2n) is 6.39.